The Balaban J connectivity index is 2.04. The molecule has 0 radical (unpaired) electrons. The summed E-state index contributed by atoms with van der Waals surface area (Å²) < 4.78 is 35.3. The van der Waals surface area contributed by atoms with Crippen LogP contribution < -0.4 is 26.4 Å². The third-order valence-corrected chi connectivity index (χ3v) is 7.33. The van der Waals surface area contributed by atoms with Crippen LogP contribution in [-0.4, -0.2) is 56.4 Å². The number of aryl methyl sites for hydroxylation is 1. The summed E-state index contributed by atoms with van der Waals surface area (Å²) in [4.78, 5) is 34.1. The monoisotopic (exact) mass is 583 g/mol. The summed E-state index contributed by atoms with van der Waals surface area (Å²) in [6, 6.07) is 10.9. The normalized spacial score (nSPS) is 14.7. The number of nitrogens with one attached hydrogen (secondary N) is 2. The number of hydrogen-bond acceptors (Lipinski definition) is 6. The number of aromatic nitrogens is 2. The SMILES string of the molecule is C/C(=C\O)c1c(C(=Nc2ccc(C)cc2F)N(C)C)c(=O)n(C2CC2)c(=O)n1-c1cccc(NS(=O)NCCN)c1. The maximum absolute atomic E-state index is 14.9. The highest BCUT2D eigenvalue weighted by molar-refractivity contribution is 7.84. The molecule has 0 saturated heterocycles. The number of allylic oxidation sites excluding steroid dienone is 1. The van der Waals surface area contributed by atoms with Crippen molar-refractivity contribution < 1.29 is 13.7 Å². The third kappa shape index (κ3) is 6.47. The van der Waals surface area contributed by atoms with Gasteiger partial charge in [-0.15, -0.1) is 0 Å². The van der Waals surface area contributed by atoms with Crippen molar-refractivity contribution in [2.45, 2.75) is 32.7 Å². The van der Waals surface area contributed by atoms with E-state index in [9.17, 15) is 23.3 Å². The van der Waals surface area contributed by atoms with Gasteiger partial charge in [-0.2, -0.15) is 0 Å². The Morgan fingerprint density at radius 1 is 1.24 bits per heavy atom. The van der Waals surface area contributed by atoms with Gasteiger partial charge in [-0.05, 0) is 62.6 Å². The zero-order chi connectivity index (χ0) is 29.8. The molecule has 2 aromatic carbocycles. The molecule has 0 aliphatic heterocycles. The zero-order valence-electron chi connectivity index (χ0n) is 23.3. The maximum atomic E-state index is 14.9. The lowest BCUT2D eigenvalue weighted by atomic mass is 10.1. The van der Waals surface area contributed by atoms with E-state index in [1.807, 2.05) is 0 Å². The number of hydrogen-bond donors (Lipinski definition) is 4. The van der Waals surface area contributed by atoms with Crippen molar-refractivity contribution in [1.29, 1.82) is 0 Å². The first-order chi connectivity index (χ1) is 19.6. The molecule has 3 aromatic rings. The van der Waals surface area contributed by atoms with Gasteiger partial charge >= 0.3 is 5.69 Å². The lowest BCUT2D eigenvalue weighted by molar-refractivity contribution is 0.474. The highest BCUT2D eigenvalue weighted by Gasteiger charge is 2.33. The number of nitrogens with zero attached hydrogens (tertiary/aromatic N) is 4. The Morgan fingerprint density at radius 2 is 1.98 bits per heavy atom. The first kappa shape index (κ1) is 29.9. The molecule has 1 saturated carbocycles. The van der Waals surface area contributed by atoms with Gasteiger partial charge in [0.2, 0.25) is 0 Å². The number of aliphatic hydroxyl groups is 1. The van der Waals surface area contributed by atoms with E-state index in [1.165, 1.54) is 21.3 Å². The predicted octanol–water partition coefficient (Wildman–Crippen LogP) is 2.88. The van der Waals surface area contributed by atoms with Crippen molar-refractivity contribution >= 4 is 34.0 Å². The van der Waals surface area contributed by atoms with Gasteiger partial charge in [-0.25, -0.2) is 23.1 Å². The van der Waals surface area contributed by atoms with Crippen molar-refractivity contribution in [3.63, 3.8) is 0 Å². The first-order valence-electron chi connectivity index (χ1n) is 13.0. The number of nitrogens with two attached hydrogens (primary N) is 1. The summed E-state index contributed by atoms with van der Waals surface area (Å²) >= 11 is -1.64. The Labute approximate surface area is 239 Å². The molecule has 218 valence electrons. The Kier molecular flexibility index (Phi) is 9.21. The smallest absolute Gasteiger partial charge is 0.336 e. The van der Waals surface area contributed by atoms with Gasteiger partial charge in [0, 0.05) is 44.5 Å². The number of benzene rings is 2. The summed E-state index contributed by atoms with van der Waals surface area (Å²) in [6.07, 6.45) is 2.11. The van der Waals surface area contributed by atoms with Crippen LogP contribution in [0.2, 0.25) is 0 Å². The van der Waals surface area contributed by atoms with Crippen LogP contribution in [0.3, 0.4) is 0 Å². The predicted molar refractivity (Wildman–Crippen MR) is 161 cm³/mol. The van der Waals surface area contributed by atoms with E-state index in [4.69, 9.17) is 5.73 Å². The van der Waals surface area contributed by atoms with Gasteiger partial charge < -0.3 is 15.7 Å². The fourth-order valence-corrected chi connectivity index (χ4v) is 5.07. The summed E-state index contributed by atoms with van der Waals surface area (Å²) in [5.41, 5.74) is 6.13. The quantitative estimate of drug-likeness (QED) is 0.164. The average Bonchev–Trinajstić information content (AvgIpc) is 3.76. The molecule has 11 nitrogen and oxygen atoms in total. The largest absolute Gasteiger partial charge is 0.515 e. The van der Waals surface area contributed by atoms with E-state index in [0.29, 0.717) is 42.9 Å². The van der Waals surface area contributed by atoms with Crippen molar-refractivity contribution in [1.82, 2.24) is 18.8 Å². The Morgan fingerprint density at radius 3 is 2.59 bits per heavy atom. The van der Waals surface area contributed by atoms with Gasteiger partial charge in [-0.1, -0.05) is 12.1 Å². The van der Waals surface area contributed by atoms with Crippen LogP contribution in [0.5, 0.6) is 0 Å². The molecule has 1 fully saturated rings. The molecule has 1 heterocycles. The number of anilines is 1. The molecule has 0 amide bonds. The fourth-order valence-electron chi connectivity index (χ4n) is 4.35. The molecule has 1 aromatic heterocycles. The summed E-state index contributed by atoms with van der Waals surface area (Å²) in [5.74, 6) is -0.454. The average molecular weight is 584 g/mol. The second-order valence-corrected chi connectivity index (χ2v) is 11.0. The Hall–Kier alpha value is -4.07. The zero-order valence-corrected chi connectivity index (χ0v) is 24.2. The standard InChI is InChI=1S/C28H34FN7O4S/c1-17-8-11-23(22(29)14-17)32-26(34(3)4)24-25(18(2)16-37)35(28(39)36(27(24)38)20-9-10-20)21-7-5-6-19(15-21)33-41(40)31-13-12-30/h5-8,11,14-16,20,31,33,37H,9-10,12-13,30H2,1-4H3/b18-16+,32-26?. The van der Waals surface area contributed by atoms with Gasteiger partial charge in [0.1, 0.15) is 22.9 Å². The molecule has 0 spiro atoms. The van der Waals surface area contributed by atoms with Crippen LogP contribution in [-0.2, 0) is 11.2 Å². The van der Waals surface area contributed by atoms with Gasteiger partial charge in [0.15, 0.2) is 11.2 Å². The van der Waals surface area contributed by atoms with Crippen molar-refractivity contribution in [2.24, 2.45) is 10.7 Å². The van der Waals surface area contributed by atoms with E-state index in [0.717, 1.165) is 6.26 Å². The first-order valence-corrected chi connectivity index (χ1v) is 14.2. The van der Waals surface area contributed by atoms with E-state index in [1.54, 1.807) is 63.2 Å². The lowest BCUT2D eigenvalue weighted by Gasteiger charge is -2.24. The number of aliphatic imine (C=N–C) groups is 1. The highest BCUT2D eigenvalue weighted by atomic mass is 32.2. The fraction of sp³-hybridized carbons (Fsp3) is 0.321. The Bertz CT molecular complexity index is 1660. The molecule has 0 bridgehead atoms. The number of amidine groups is 1. The molecule has 1 aliphatic carbocycles. The van der Waals surface area contributed by atoms with Gasteiger partial charge in [-0.3, -0.25) is 18.7 Å². The van der Waals surface area contributed by atoms with Crippen molar-refractivity contribution in [2.75, 3.05) is 31.9 Å². The van der Waals surface area contributed by atoms with Crippen molar-refractivity contribution in [3.8, 4) is 5.69 Å². The van der Waals surface area contributed by atoms with E-state index < -0.39 is 28.2 Å². The lowest BCUT2D eigenvalue weighted by Crippen LogP contribution is -2.45. The highest BCUT2D eigenvalue weighted by Crippen LogP contribution is 2.33. The maximum Gasteiger partial charge on any atom is 0.336 e. The molecule has 1 atom stereocenters. The van der Waals surface area contributed by atoms with Crippen LogP contribution in [0, 0.1) is 12.7 Å². The van der Waals surface area contributed by atoms with Crippen LogP contribution in [0.15, 0.2) is 63.3 Å². The molecule has 4 rings (SSSR count). The molecule has 1 unspecified atom stereocenters. The van der Waals surface area contributed by atoms with Crippen molar-refractivity contribution in [3.05, 3.63) is 92.2 Å². The number of halogens is 1. The summed E-state index contributed by atoms with van der Waals surface area (Å²) in [6.45, 7) is 3.94. The molecule has 5 N–H and O–H groups in total. The van der Waals surface area contributed by atoms with Crippen LogP contribution in [0.4, 0.5) is 15.8 Å². The van der Waals surface area contributed by atoms with Gasteiger partial charge in [0.25, 0.3) is 5.56 Å². The minimum atomic E-state index is -1.64. The summed E-state index contributed by atoms with van der Waals surface area (Å²) in [5, 5.41) is 10.1. The van der Waals surface area contributed by atoms with Crippen LogP contribution in [0.25, 0.3) is 11.3 Å². The van der Waals surface area contributed by atoms with Crippen LogP contribution in [0.1, 0.15) is 42.6 Å². The second kappa shape index (κ2) is 12.6. The van der Waals surface area contributed by atoms with Gasteiger partial charge in [0.05, 0.1) is 17.6 Å². The van der Waals surface area contributed by atoms with E-state index in [2.05, 4.69) is 14.4 Å². The van der Waals surface area contributed by atoms with E-state index in [-0.39, 0.29) is 34.4 Å². The second-order valence-electron chi connectivity index (χ2n) is 9.95. The summed E-state index contributed by atoms with van der Waals surface area (Å²) in [7, 11) is 3.33. The van der Waals surface area contributed by atoms with E-state index >= 15 is 0 Å². The topological polar surface area (TPSA) is 147 Å². The molecular formula is C28H34FN7O4S. The third-order valence-electron chi connectivity index (χ3n) is 6.44. The minimum absolute atomic E-state index is 0.0182. The number of rotatable bonds is 10. The minimum Gasteiger partial charge on any atom is -0.515 e. The molecular weight excluding hydrogens is 549 g/mol. The molecule has 1 aliphatic rings. The van der Waals surface area contributed by atoms with Crippen LogP contribution >= 0.6 is 0 Å². The molecule has 41 heavy (non-hydrogen) atoms. The number of aliphatic hydroxyl groups excluding tert-OH is 1. The molecule has 13 heteroatoms.